The van der Waals surface area contributed by atoms with Gasteiger partial charge in [-0.25, -0.2) is 4.79 Å². The Bertz CT molecular complexity index is 353. The van der Waals surface area contributed by atoms with Gasteiger partial charge in [0.05, 0.1) is 0 Å². The van der Waals surface area contributed by atoms with Crippen LogP contribution in [-0.4, -0.2) is 44.3 Å². The Balaban J connectivity index is 2.54. The van der Waals surface area contributed by atoms with E-state index in [-0.39, 0.29) is 23.4 Å². The summed E-state index contributed by atoms with van der Waals surface area (Å²) in [5.41, 5.74) is -0.0679. The number of hydrogen-bond acceptors (Lipinski definition) is 3. The van der Waals surface area contributed by atoms with Crippen LogP contribution in [0.4, 0.5) is 4.79 Å². The van der Waals surface area contributed by atoms with Crippen LogP contribution in [0.25, 0.3) is 0 Å². The number of ether oxygens (including phenoxy) is 1. The minimum Gasteiger partial charge on any atom is -0.385 e. The summed E-state index contributed by atoms with van der Waals surface area (Å²) in [6, 6.07) is -0.727. The molecule has 122 valence electrons. The summed E-state index contributed by atoms with van der Waals surface area (Å²) in [6.07, 6.45) is 3.34. The van der Waals surface area contributed by atoms with Crippen molar-refractivity contribution in [1.29, 1.82) is 0 Å². The fraction of sp³-hybridized carbons (Fsp3) is 0.867. The lowest BCUT2D eigenvalue weighted by molar-refractivity contribution is -0.122. The second-order valence-corrected chi connectivity index (χ2v) is 6.66. The second-order valence-electron chi connectivity index (χ2n) is 6.66. The minimum atomic E-state index is -0.435. The smallest absolute Gasteiger partial charge is 0.315 e. The lowest BCUT2D eigenvalue weighted by Gasteiger charge is -2.32. The number of amides is 3. The number of carbonyl (C=O) groups excluding carboxylic acids is 2. The van der Waals surface area contributed by atoms with Crippen molar-refractivity contribution in [2.24, 2.45) is 5.41 Å². The summed E-state index contributed by atoms with van der Waals surface area (Å²) < 4.78 is 5.10. The third-order valence-electron chi connectivity index (χ3n) is 3.80. The van der Waals surface area contributed by atoms with E-state index in [0.29, 0.717) is 19.6 Å². The molecule has 0 aromatic heterocycles. The van der Waals surface area contributed by atoms with Crippen molar-refractivity contribution >= 4 is 11.9 Å². The molecule has 0 aromatic rings. The maximum absolute atomic E-state index is 12.1. The molecular formula is C15H29N3O3. The monoisotopic (exact) mass is 299 g/mol. The molecule has 6 heteroatoms. The summed E-state index contributed by atoms with van der Waals surface area (Å²) in [5, 5.41) is 8.57. The van der Waals surface area contributed by atoms with Crippen molar-refractivity contribution < 1.29 is 14.3 Å². The zero-order valence-electron chi connectivity index (χ0n) is 13.6. The summed E-state index contributed by atoms with van der Waals surface area (Å²) in [6.45, 7) is 7.51. The topological polar surface area (TPSA) is 79.5 Å². The lowest BCUT2D eigenvalue weighted by atomic mass is 9.85. The van der Waals surface area contributed by atoms with E-state index in [4.69, 9.17) is 4.74 Å². The van der Waals surface area contributed by atoms with Gasteiger partial charge < -0.3 is 20.7 Å². The Labute approximate surface area is 127 Å². The molecule has 2 atom stereocenters. The van der Waals surface area contributed by atoms with Crippen molar-refractivity contribution in [2.75, 3.05) is 20.3 Å². The molecule has 0 saturated carbocycles. The van der Waals surface area contributed by atoms with Crippen molar-refractivity contribution in [3.63, 3.8) is 0 Å². The summed E-state index contributed by atoms with van der Waals surface area (Å²) >= 11 is 0. The highest BCUT2D eigenvalue weighted by Crippen LogP contribution is 2.21. The van der Waals surface area contributed by atoms with Gasteiger partial charge in [-0.15, -0.1) is 0 Å². The van der Waals surface area contributed by atoms with Gasteiger partial charge in [0.2, 0.25) is 5.91 Å². The molecule has 0 bridgehead atoms. The molecule has 0 aromatic carbocycles. The Morgan fingerprint density at radius 2 is 2.14 bits per heavy atom. The van der Waals surface area contributed by atoms with E-state index < -0.39 is 6.04 Å². The molecule has 1 heterocycles. The summed E-state index contributed by atoms with van der Waals surface area (Å²) in [7, 11) is 1.65. The first kappa shape index (κ1) is 17.8. The Morgan fingerprint density at radius 1 is 1.43 bits per heavy atom. The quantitative estimate of drug-likeness (QED) is 0.718. The van der Waals surface area contributed by atoms with Gasteiger partial charge in [-0.3, -0.25) is 4.79 Å². The first-order valence-corrected chi connectivity index (χ1v) is 7.68. The van der Waals surface area contributed by atoms with E-state index in [0.717, 1.165) is 19.3 Å². The van der Waals surface area contributed by atoms with Crippen LogP contribution in [0.5, 0.6) is 0 Å². The molecule has 0 aliphatic carbocycles. The maximum atomic E-state index is 12.1. The van der Waals surface area contributed by atoms with Gasteiger partial charge in [0, 0.05) is 26.3 Å². The minimum absolute atomic E-state index is 0.00807. The fourth-order valence-corrected chi connectivity index (χ4v) is 2.39. The summed E-state index contributed by atoms with van der Waals surface area (Å²) in [4.78, 5) is 24.0. The molecule has 0 spiro atoms. The normalized spacial score (nSPS) is 21.1. The molecule has 3 amide bonds. The van der Waals surface area contributed by atoms with Crippen LogP contribution < -0.4 is 16.0 Å². The highest BCUT2D eigenvalue weighted by Gasteiger charge is 2.28. The van der Waals surface area contributed by atoms with Gasteiger partial charge in [0.15, 0.2) is 0 Å². The van der Waals surface area contributed by atoms with Crippen LogP contribution in [0.15, 0.2) is 0 Å². The second kappa shape index (κ2) is 8.22. The first-order chi connectivity index (χ1) is 9.84. The van der Waals surface area contributed by atoms with Crippen LogP contribution in [-0.2, 0) is 9.53 Å². The predicted octanol–water partition coefficient (Wildman–Crippen LogP) is 1.41. The van der Waals surface area contributed by atoms with Crippen molar-refractivity contribution in [1.82, 2.24) is 16.0 Å². The van der Waals surface area contributed by atoms with Gasteiger partial charge >= 0.3 is 6.03 Å². The van der Waals surface area contributed by atoms with Crippen LogP contribution in [0.1, 0.15) is 46.5 Å². The van der Waals surface area contributed by atoms with Crippen molar-refractivity contribution in [3.8, 4) is 0 Å². The Kier molecular flexibility index (Phi) is 6.95. The van der Waals surface area contributed by atoms with Crippen molar-refractivity contribution in [2.45, 2.75) is 58.5 Å². The van der Waals surface area contributed by atoms with Crippen LogP contribution in [0, 0.1) is 5.41 Å². The zero-order valence-corrected chi connectivity index (χ0v) is 13.6. The highest BCUT2D eigenvalue weighted by molar-refractivity contribution is 5.87. The molecule has 1 aliphatic rings. The highest BCUT2D eigenvalue weighted by atomic mass is 16.5. The predicted molar refractivity (Wildman–Crippen MR) is 82.1 cm³/mol. The molecule has 21 heavy (non-hydrogen) atoms. The van der Waals surface area contributed by atoms with Crippen LogP contribution in [0.3, 0.4) is 0 Å². The van der Waals surface area contributed by atoms with E-state index >= 15 is 0 Å². The average molecular weight is 299 g/mol. The molecule has 3 N–H and O–H groups in total. The fourth-order valence-electron chi connectivity index (χ4n) is 2.39. The largest absolute Gasteiger partial charge is 0.385 e. The number of hydrogen-bond donors (Lipinski definition) is 3. The molecule has 1 rings (SSSR count). The van der Waals surface area contributed by atoms with Crippen LogP contribution >= 0.6 is 0 Å². The number of nitrogens with one attached hydrogen (secondary N) is 3. The van der Waals surface area contributed by atoms with Gasteiger partial charge in [-0.2, -0.15) is 0 Å². The van der Waals surface area contributed by atoms with Gasteiger partial charge in [-0.05, 0) is 31.1 Å². The SMILES string of the molecule is COCC[C@@H](NC(=O)N[C@H]1CCCCNC1=O)C(C)(C)C. The molecule has 0 unspecified atom stereocenters. The molecule has 1 aliphatic heterocycles. The Morgan fingerprint density at radius 3 is 2.76 bits per heavy atom. The van der Waals surface area contributed by atoms with Crippen molar-refractivity contribution in [3.05, 3.63) is 0 Å². The van der Waals surface area contributed by atoms with Crippen LogP contribution in [0.2, 0.25) is 0 Å². The first-order valence-electron chi connectivity index (χ1n) is 7.68. The third kappa shape index (κ3) is 6.33. The molecule has 1 fully saturated rings. The molecule has 6 nitrogen and oxygen atoms in total. The third-order valence-corrected chi connectivity index (χ3v) is 3.80. The van der Waals surface area contributed by atoms with E-state index in [1.54, 1.807) is 7.11 Å². The van der Waals surface area contributed by atoms with Gasteiger partial charge in [0.1, 0.15) is 6.04 Å². The van der Waals surface area contributed by atoms with E-state index in [1.807, 2.05) is 0 Å². The zero-order chi connectivity index (χ0) is 15.9. The lowest BCUT2D eigenvalue weighted by Crippen LogP contribution is -2.53. The summed E-state index contributed by atoms with van der Waals surface area (Å²) in [5.74, 6) is -0.0909. The number of urea groups is 1. The maximum Gasteiger partial charge on any atom is 0.315 e. The molecular weight excluding hydrogens is 270 g/mol. The molecule has 1 saturated heterocycles. The molecule has 0 radical (unpaired) electrons. The Hall–Kier alpha value is -1.30. The number of carbonyl (C=O) groups is 2. The van der Waals surface area contributed by atoms with E-state index in [2.05, 4.69) is 36.7 Å². The standard InChI is InChI=1S/C15H29N3O3/c1-15(2,3)12(8-10-21-4)18-14(20)17-11-7-5-6-9-16-13(11)19/h11-12H,5-10H2,1-4H3,(H,16,19)(H2,17,18,20)/t11-,12+/m0/s1. The number of methoxy groups -OCH3 is 1. The van der Waals surface area contributed by atoms with E-state index in [1.165, 1.54) is 0 Å². The van der Waals surface area contributed by atoms with Gasteiger partial charge in [-0.1, -0.05) is 20.8 Å². The average Bonchev–Trinajstić information content (AvgIpc) is 2.59. The number of rotatable bonds is 5. The van der Waals surface area contributed by atoms with Gasteiger partial charge in [0.25, 0.3) is 0 Å². The van der Waals surface area contributed by atoms with E-state index in [9.17, 15) is 9.59 Å².